The fourth-order valence-corrected chi connectivity index (χ4v) is 7.12. The van der Waals surface area contributed by atoms with Crippen molar-refractivity contribution in [3.05, 3.63) is 0 Å². The lowest BCUT2D eigenvalue weighted by Crippen LogP contribution is -2.30. The molecule has 0 spiro atoms. The highest BCUT2D eigenvalue weighted by molar-refractivity contribution is 5.71. The van der Waals surface area contributed by atoms with Crippen LogP contribution in [0.5, 0.6) is 0 Å². The van der Waals surface area contributed by atoms with E-state index in [0.717, 1.165) is 63.7 Å². The van der Waals surface area contributed by atoms with Gasteiger partial charge >= 0.3 is 17.9 Å². The number of hydrogen-bond acceptors (Lipinski definition) is 6. The molecular weight excluding hydrogens is 673 g/mol. The first kappa shape index (κ1) is 52.4. The van der Waals surface area contributed by atoms with Gasteiger partial charge in [0.15, 0.2) is 6.10 Å². The van der Waals surface area contributed by atoms with E-state index in [1.165, 1.54) is 161 Å². The second-order valence-corrected chi connectivity index (χ2v) is 16.6. The second-order valence-electron chi connectivity index (χ2n) is 16.6. The zero-order valence-corrected chi connectivity index (χ0v) is 36.7. The van der Waals surface area contributed by atoms with Crippen molar-refractivity contribution in [3.8, 4) is 0 Å². The molecule has 2 atom stereocenters. The fourth-order valence-electron chi connectivity index (χ4n) is 7.12. The topological polar surface area (TPSA) is 78.9 Å². The number of ether oxygens (including phenoxy) is 3. The van der Waals surface area contributed by atoms with Crippen LogP contribution in [-0.2, 0) is 28.6 Å². The second kappa shape index (κ2) is 42.6. The maximum atomic E-state index is 12.7. The summed E-state index contributed by atoms with van der Waals surface area (Å²) in [5, 5.41) is 0. The minimum absolute atomic E-state index is 0.0636. The van der Waals surface area contributed by atoms with E-state index >= 15 is 0 Å². The lowest BCUT2D eigenvalue weighted by Gasteiger charge is -2.18. The molecule has 0 rings (SSSR count). The molecule has 0 amide bonds. The van der Waals surface area contributed by atoms with Crippen LogP contribution in [0.3, 0.4) is 0 Å². The van der Waals surface area contributed by atoms with Crippen LogP contribution in [0.1, 0.15) is 265 Å². The predicted octanol–water partition coefficient (Wildman–Crippen LogP) is 15.1. The van der Waals surface area contributed by atoms with Gasteiger partial charge in [-0.1, -0.05) is 227 Å². The van der Waals surface area contributed by atoms with Crippen LogP contribution in [0.25, 0.3) is 0 Å². The Morgan fingerprint density at radius 1 is 0.370 bits per heavy atom. The van der Waals surface area contributed by atoms with Gasteiger partial charge in [-0.25, -0.2) is 0 Å². The predicted molar refractivity (Wildman–Crippen MR) is 229 cm³/mol. The highest BCUT2D eigenvalue weighted by Gasteiger charge is 2.19. The van der Waals surface area contributed by atoms with Gasteiger partial charge in [0.25, 0.3) is 0 Å². The third kappa shape index (κ3) is 40.1. The summed E-state index contributed by atoms with van der Waals surface area (Å²) in [6.45, 7) is 9.02. The van der Waals surface area contributed by atoms with Crippen molar-refractivity contribution in [2.75, 3.05) is 13.2 Å². The summed E-state index contributed by atoms with van der Waals surface area (Å²) >= 11 is 0. The summed E-state index contributed by atoms with van der Waals surface area (Å²) in [7, 11) is 0. The van der Waals surface area contributed by atoms with Crippen LogP contribution in [0.4, 0.5) is 0 Å². The Kier molecular flexibility index (Phi) is 41.3. The molecule has 0 N–H and O–H groups in total. The zero-order chi connectivity index (χ0) is 39.6. The summed E-state index contributed by atoms with van der Waals surface area (Å²) in [4.78, 5) is 37.7. The molecule has 0 fully saturated rings. The number of hydrogen-bond donors (Lipinski definition) is 0. The average Bonchev–Trinajstić information content (AvgIpc) is 3.17. The van der Waals surface area contributed by atoms with Gasteiger partial charge in [0, 0.05) is 19.3 Å². The molecule has 54 heavy (non-hydrogen) atoms. The molecule has 0 aromatic heterocycles. The molecule has 320 valence electrons. The van der Waals surface area contributed by atoms with Crippen LogP contribution < -0.4 is 0 Å². The van der Waals surface area contributed by atoms with E-state index in [1.54, 1.807) is 0 Å². The molecule has 0 aromatic rings. The first-order chi connectivity index (χ1) is 26.4. The minimum Gasteiger partial charge on any atom is -0.462 e. The average molecular weight is 765 g/mol. The summed E-state index contributed by atoms with van der Waals surface area (Å²) in [5.74, 6) is 0.0178. The van der Waals surface area contributed by atoms with Crippen LogP contribution >= 0.6 is 0 Å². The number of esters is 3. The first-order valence-electron chi connectivity index (χ1n) is 23.9. The Morgan fingerprint density at radius 2 is 0.648 bits per heavy atom. The summed E-state index contributed by atoms with van der Waals surface area (Å²) < 4.78 is 16.7. The van der Waals surface area contributed by atoms with Gasteiger partial charge in [-0.3, -0.25) is 14.4 Å². The smallest absolute Gasteiger partial charge is 0.306 e. The van der Waals surface area contributed by atoms with Crippen molar-refractivity contribution in [2.45, 2.75) is 271 Å². The van der Waals surface area contributed by atoms with Gasteiger partial charge in [0.05, 0.1) is 0 Å². The van der Waals surface area contributed by atoms with E-state index in [0.29, 0.717) is 19.3 Å². The normalized spacial score (nSPS) is 12.4. The zero-order valence-electron chi connectivity index (χ0n) is 36.7. The largest absolute Gasteiger partial charge is 0.462 e. The summed E-state index contributed by atoms with van der Waals surface area (Å²) in [6, 6.07) is 0. The number of carbonyl (C=O) groups is 3. The summed E-state index contributed by atoms with van der Waals surface area (Å²) in [5.41, 5.74) is 0. The molecule has 0 aliphatic heterocycles. The maximum absolute atomic E-state index is 12.7. The van der Waals surface area contributed by atoms with Gasteiger partial charge in [0.2, 0.25) is 0 Å². The van der Waals surface area contributed by atoms with Crippen molar-refractivity contribution in [1.29, 1.82) is 0 Å². The van der Waals surface area contributed by atoms with Crippen LogP contribution in [-0.4, -0.2) is 37.2 Å². The fraction of sp³-hybridized carbons (Fsp3) is 0.938. The van der Waals surface area contributed by atoms with Crippen LogP contribution in [0.2, 0.25) is 0 Å². The molecule has 0 bridgehead atoms. The van der Waals surface area contributed by atoms with Gasteiger partial charge in [-0.2, -0.15) is 0 Å². The van der Waals surface area contributed by atoms with Crippen LogP contribution in [0, 0.1) is 5.92 Å². The molecule has 1 unspecified atom stereocenters. The highest BCUT2D eigenvalue weighted by Crippen LogP contribution is 2.17. The molecule has 0 radical (unpaired) electrons. The monoisotopic (exact) mass is 765 g/mol. The number of carbonyl (C=O) groups excluding carboxylic acids is 3. The SMILES string of the molecule is CCCCCCCCCCCCCCC(=O)O[C@H](COC(=O)CCCCCCCCCCCC)COC(=O)CCCCCCCCCCCCC(C)CC. The Bertz CT molecular complexity index is 813. The Balaban J connectivity index is 4.32. The molecule has 0 aromatic carbocycles. The van der Waals surface area contributed by atoms with Crippen molar-refractivity contribution >= 4 is 17.9 Å². The number of unbranched alkanes of at least 4 members (excludes halogenated alkanes) is 29. The molecule has 0 saturated heterocycles. The van der Waals surface area contributed by atoms with Crippen molar-refractivity contribution in [3.63, 3.8) is 0 Å². The Labute approximate surface area is 336 Å². The summed E-state index contributed by atoms with van der Waals surface area (Å²) in [6.07, 6.45) is 42.2. The molecule has 0 heterocycles. The van der Waals surface area contributed by atoms with Crippen molar-refractivity contribution < 1.29 is 28.6 Å². The van der Waals surface area contributed by atoms with Gasteiger partial charge in [-0.15, -0.1) is 0 Å². The van der Waals surface area contributed by atoms with Gasteiger partial charge in [-0.05, 0) is 25.2 Å². The highest BCUT2D eigenvalue weighted by atomic mass is 16.6. The molecule has 0 aliphatic carbocycles. The van der Waals surface area contributed by atoms with Crippen molar-refractivity contribution in [2.24, 2.45) is 5.92 Å². The van der Waals surface area contributed by atoms with E-state index < -0.39 is 6.10 Å². The maximum Gasteiger partial charge on any atom is 0.306 e. The standard InChI is InChI=1S/C48H92O6/c1-5-8-10-12-14-16-18-19-25-29-33-37-41-48(51)54-45(42-52-46(49)39-35-31-27-23-17-15-13-11-9-6-2)43-53-47(50)40-36-32-28-24-21-20-22-26-30-34-38-44(4)7-3/h44-45H,5-43H2,1-4H3/t44?,45-/m1/s1. The van der Waals surface area contributed by atoms with E-state index in [1.807, 2.05) is 0 Å². The number of rotatable bonds is 43. The molecule has 0 aliphatic rings. The van der Waals surface area contributed by atoms with E-state index in [-0.39, 0.29) is 31.1 Å². The third-order valence-corrected chi connectivity index (χ3v) is 11.2. The van der Waals surface area contributed by atoms with E-state index in [4.69, 9.17) is 14.2 Å². The molecular formula is C48H92O6. The molecule has 6 nitrogen and oxygen atoms in total. The van der Waals surface area contributed by atoms with Crippen LogP contribution in [0.15, 0.2) is 0 Å². The minimum atomic E-state index is -0.759. The lowest BCUT2D eigenvalue weighted by atomic mass is 9.99. The molecule has 0 saturated carbocycles. The first-order valence-corrected chi connectivity index (χ1v) is 23.9. The lowest BCUT2D eigenvalue weighted by molar-refractivity contribution is -0.167. The van der Waals surface area contributed by atoms with E-state index in [2.05, 4.69) is 27.7 Å². The Morgan fingerprint density at radius 3 is 0.963 bits per heavy atom. The van der Waals surface area contributed by atoms with Gasteiger partial charge in [0.1, 0.15) is 13.2 Å². The molecule has 6 heteroatoms. The quantitative estimate of drug-likeness (QED) is 0.0349. The Hall–Kier alpha value is -1.59. The van der Waals surface area contributed by atoms with Crippen molar-refractivity contribution in [1.82, 2.24) is 0 Å². The van der Waals surface area contributed by atoms with E-state index in [9.17, 15) is 14.4 Å². The van der Waals surface area contributed by atoms with Gasteiger partial charge < -0.3 is 14.2 Å². The third-order valence-electron chi connectivity index (χ3n) is 11.2.